The first-order valence-electron chi connectivity index (χ1n) is 12.2. The number of carbonyl (C=O) groups is 3. The molecule has 3 rings (SSSR count). The molecule has 3 amide bonds. The number of ether oxygens (including phenoxy) is 1. The number of aliphatic hydroxyl groups excluding tert-OH is 2. The molecule has 0 aromatic heterocycles. The number of aliphatic carboxylic acids is 1. The van der Waals surface area contributed by atoms with Gasteiger partial charge in [-0.1, -0.05) is 48.5 Å². The molecule has 0 saturated heterocycles. The largest absolute Gasteiger partial charge is 0.491 e. The standard InChI is InChI=1S/C26H29N3O5.C2HF3O2/c30-17-22(27-16-23(31)18-34-24-9-5-2-6-10-24)15-19-11-13-21(14-12-19)28-26(33)29-25(32)20-7-3-1-4-8-20;3-2(4,5)1(6)7/h1-14,22-23,27,30-31H,15-18H2,(H2,28,29,32,33);(H,6,7)/t22-,23-;/m0./s1. The summed E-state index contributed by atoms with van der Waals surface area (Å²) in [4.78, 5) is 33.0. The molecule has 0 unspecified atom stereocenters. The molecule has 0 aliphatic heterocycles. The third-order valence-corrected chi connectivity index (χ3v) is 5.25. The van der Waals surface area contributed by atoms with E-state index in [0.717, 1.165) is 5.56 Å². The van der Waals surface area contributed by atoms with Crippen LogP contribution in [0.2, 0.25) is 0 Å². The lowest BCUT2D eigenvalue weighted by Gasteiger charge is -2.19. The Morgan fingerprint density at radius 3 is 1.98 bits per heavy atom. The van der Waals surface area contributed by atoms with Crippen LogP contribution in [0.25, 0.3) is 0 Å². The number of carboxylic acid groups (broad SMARTS) is 1. The Labute approximate surface area is 233 Å². The number of carboxylic acids is 1. The van der Waals surface area contributed by atoms with Gasteiger partial charge in [0, 0.05) is 23.8 Å². The molecule has 0 bridgehead atoms. The SMILES string of the molecule is O=C(NC(=O)c1ccccc1)Nc1ccc(C[C@@H](CO)NC[C@H](O)COc2ccccc2)cc1.O=C(O)C(F)(F)F. The quantitative estimate of drug-likeness (QED) is 0.203. The summed E-state index contributed by atoms with van der Waals surface area (Å²) in [6.45, 7) is 0.313. The Balaban J connectivity index is 0.000000745. The monoisotopic (exact) mass is 577 g/mol. The molecule has 13 heteroatoms. The first kappa shape index (κ1) is 32.8. The minimum atomic E-state index is -5.08. The summed E-state index contributed by atoms with van der Waals surface area (Å²) < 4.78 is 37.3. The van der Waals surface area contributed by atoms with E-state index in [1.807, 2.05) is 42.5 Å². The number of carbonyl (C=O) groups excluding carboxylic acids is 2. The number of halogens is 3. The topological polar surface area (TPSA) is 157 Å². The number of amides is 3. The highest BCUT2D eigenvalue weighted by molar-refractivity contribution is 6.07. The highest BCUT2D eigenvalue weighted by atomic mass is 19.4. The summed E-state index contributed by atoms with van der Waals surface area (Å²) >= 11 is 0. The lowest BCUT2D eigenvalue weighted by Crippen LogP contribution is -2.41. The van der Waals surface area contributed by atoms with E-state index in [1.165, 1.54) is 0 Å². The number of hydrogen-bond donors (Lipinski definition) is 6. The van der Waals surface area contributed by atoms with E-state index in [1.54, 1.807) is 42.5 Å². The molecule has 0 heterocycles. The highest BCUT2D eigenvalue weighted by Gasteiger charge is 2.38. The van der Waals surface area contributed by atoms with Gasteiger partial charge in [0.05, 0.1) is 6.61 Å². The molecule has 3 aromatic rings. The predicted molar refractivity (Wildman–Crippen MR) is 144 cm³/mol. The second kappa shape index (κ2) is 16.6. The maximum absolute atomic E-state index is 12.1. The van der Waals surface area contributed by atoms with Gasteiger partial charge >= 0.3 is 18.2 Å². The van der Waals surface area contributed by atoms with Gasteiger partial charge < -0.3 is 30.7 Å². The van der Waals surface area contributed by atoms with Crippen molar-refractivity contribution >= 4 is 23.6 Å². The fraction of sp³-hybridized carbons (Fsp3) is 0.250. The zero-order valence-electron chi connectivity index (χ0n) is 21.7. The molecule has 0 fully saturated rings. The summed E-state index contributed by atoms with van der Waals surface area (Å²) in [7, 11) is 0. The van der Waals surface area contributed by atoms with Gasteiger partial charge in [-0.15, -0.1) is 0 Å². The number of benzene rings is 3. The average Bonchev–Trinajstić information content (AvgIpc) is 2.95. The molecule has 220 valence electrons. The van der Waals surface area contributed by atoms with Crippen molar-refractivity contribution in [2.75, 3.05) is 25.1 Å². The van der Waals surface area contributed by atoms with Crippen LogP contribution in [0.4, 0.5) is 23.7 Å². The Morgan fingerprint density at radius 1 is 0.878 bits per heavy atom. The van der Waals surface area contributed by atoms with Crippen LogP contribution in [0.5, 0.6) is 5.75 Å². The summed E-state index contributed by atoms with van der Waals surface area (Å²) in [5.74, 6) is -2.55. The van der Waals surface area contributed by atoms with E-state index in [-0.39, 0.29) is 25.8 Å². The van der Waals surface area contributed by atoms with Gasteiger partial charge in [0.25, 0.3) is 5.91 Å². The molecule has 10 nitrogen and oxygen atoms in total. The Morgan fingerprint density at radius 2 is 1.44 bits per heavy atom. The van der Waals surface area contributed by atoms with Gasteiger partial charge in [-0.25, -0.2) is 9.59 Å². The van der Waals surface area contributed by atoms with Gasteiger partial charge in [-0.2, -0.15) is 13.2 Å². The molecule has 41 heavy (non-hydrogen) atoms. The predicted octanol–water partition coefficient (Wildman–Crippen LogP) is 3.21. The molecule has 0 saturated carbocycles. The molecule has 2 atom stereocenters. The third-order valence-electron chi connectivity index (χ3n) is 5.25. The minimum Gasteiger partial charge on any atom is -0.491 e. The summed E-state index contributed by atoms with van der Waals surface area (Å²) in [6.07, 6.45) is -5.28. The van der Waals surface area contributed by atoms with Crippen molar-refractivity contribution in [1.82, 2.24) is 10.6 Å². The van der Waals surface area contributed by atoms with Crippen molar-refractivity contribution in [3.63, 3.8) is 0 Å². The van der Waals surface area contributed by atoms with Crippen molar-refractivity contribution < 1.29 is 47.6 Å². The van der Waals surface area contributed by atoms with Crippen LogP contribution in [0.1, 0.15) is 15.9 Å². The Bertz CT molecular complexity index is 1230. The average molecular weight is 578 g/mol. The smallest absolute Gasteiger partial charge is 0.490 e. The second-order valence-electron chi connectivity index (χ2n) is 8.54. The van der Waals surface area contributed by atoms with Crippen molar-refractivity contribution in [3.05, 3.63) is 96.1 Å². The fourth-order valence-corrected chi connectivity index (χ4v) is 3.21. The van der Waals surface area contributed by atoms with Crippen molar-refractivity contribution in [2.45, 2.75) is 24.7 Å². The maximum Gasteiger partial charge on any atom is 0.490 e. The van der Waals surface area contributed by atoms with Crippen LogP contribution in [0.3, 0.4) is 0 Å². The zero-order chi connectivity index (χ0) is 30.3. The van der Waals surface area contributed by atoms with Crippen molar-refractivity contribution in [1.29, 1.82) is 0 Å². The molecule has 3 aromatic carbocycles. The van der Waals surface area contributed by atoms with E-state index >= 15 is 0 Å². The van der Waals surface area contributed by atoms with Gasteiger partial charge in [0.15, 0.2) is 0 Å². The number of anilines is 1. The number of para-hydroxylation sites is 1. The molecule has 0 aliphatic carbocycles. The minimum absolute atomic E-state index is 0.101. The molecule has 0 radical (unpaired) electrons. The normalized spacial score (nSPS) is 12.2. The second-order valence-corrected chi connectivity index (χ2v) is 8.54. The Kier molecular flexibility index (Phi) is 13.3. The lowest BCUT2D eigenvalue weighted by molar-refractivity contribution is -0.192. The number of hydrogen-bond acceptors (Lipinski definition) is 7. The van der Waals surface area contributed by atoms with Gasteiger partial charge in [0.1, 0.15) is 18.5 Å². The molecule has 0 spiro atoms. The Hall–Kier alpha value is -4.46. The summed E-state index contributed by atoms with van der Waals surface area (Å²) in [6, 6.07) is 24.0. The molecule has 6 N–H and O–H groups in total. The van der Waals surface area contributed by atoms with Crippen LogP contribution < -0.4 is 20.7 Å². The molecule has 0 aliphatic rings. The van der Waals surface area contributed by atoms with Gasteiger partial charge in [0.2, 0.25) is 0 Å². The number of nitrogens with one attached hydrogen (secondary N) is 3. The maximum atomic E-state index is 12.1. The van der Waals surface area contributed by atoms with Crippen molar-refractivity contribution in [3.8, 4) is 5.75 Å². The van der Waals surface area contributed by atoms with Crippen LogP contribution in [0, 0.1) is 0 Å². The van der Waals surface area contributed by atoms with Crippen LogP contribution in [-0.4, -0.2) is 71.3 Å². The highest BCUT2D eigenvalue weighted by Crippen LogP contribution is 2.13. The number of alkyl halides is 3. The van der Waals surface area contributed by atoms with Gasteiger partial charge in [-0.05, 0) is 48.4 Å². The summed E-state index contributed by atoms with van der Waals surface area (Å²) in [5, 5.41) is 35.0. The lowest BCUT2D eigenvalue weighted by atomic mass is 10.1. The van der Waals surface area contributed by atoms with Crippen LogP contribution in [-0.2, 0) is 11.2 Å². The molecular formula is C28H30F3N3O7. The van der Waals surface area contributed by atoms with E-state index < -0.39 is 30.2 Å². The zero-order valence-corrected chi connectivity index (χ0v) is 21.7. The van der Waals surface area contributed by atoms with E-state index in [9.17, 15) is 33.0 Å². The number of rotatable bonds is 11. The van der Waals surface area contributed by atoms with E-state index in [4.69, 9.17) is 14.6 Å². The van der Waals surface area contributed by atoms with Crippen LogP contribution >= 0.6 is 0 Å². The number of imide groups is 1. The first-order chi connectivity index (χ1) is 19.5. The fourth-order valence-electron chi connectivity index (χ4n) is 3.21. The van der Waals surface area contributed by atoms with Crippen LogP contribution in [0.15, 0.2) is 84.9 Å². The third kappa shape index (κ3) is 13.0. The summed E-state index contributed by atoms with van der Waals surface area (Å²) in [5.41, 5.74) is 1.87. The first-order valence-corrected chi connectivity index (χ1v) is 12.2. The number of aliphatic hydroxyl groups is 2. The number of urea groups is 1. The van der Waals surface area contributed by atoms with E-state index in [2.05, 4.69) is 16.0 Å². The molecular weight excluding hydrogens is 547 g/mol. The van der Waals surface area contributed by atoms with Gasteiger partial charge in [-0.3, -0.25) is 10.1 Å². The van der Waals surface area contributed by atoms with E-state index in [0.29, 0.717) is 23.4 Å². The van der Waals surface area contributed by atoms with Crippen molar-refractivity contribution in [2.24, 2.45) is 0 Å².